The van der Waals surface area contributed by atoms with Crippen LogP contribution in [-0.4, -0.2) is 10.9 Å². The van der Waals surface area contributed by atoms with Crippen LogP contribution in [0, 0.1) is 0 Å². The fourth-order valence-corrected chi connectivity index (χ4v) is 3.17. The van der Waals surface area contributed by atoms with Crippen LogP contribution in [0.15, 0.2) is 41.2 Å². The molecule has 1 fully saturated rings. The quantitative estimate of drug-likeness (QED) is 0.801. The first-order valence-electron chi connectivity index (χ1n) is 7.17. The predicted octanol–water partition coefficient (Wildman–Crippen LogP) is 4.10. The summed E-state index contributed by atoms with van der Waals surface area (Å²) in [5, 5.41) is 0.665. The molecule has 1 aliphatic rings. The van der Waals surface area contributed by atoms with Crippen LogP contribution in [-0.2, 0) is 0 Å². The second-order valence-electron chi connectivity index (χ2n) is 5.41. The van der Waals surface area contributed by atoms with Crippen LogP contribution in [0.3, 0.4) is 0 Å². The molecule has 0 unspecified atom stereocenters. The van der Waals surface area contributed by atoms with Gasteiger partial charge in [0.2, 0.25) is 0 Å². The minimum absolute atomic E-state index is 0.183. The van der Waals surface area contributed by atoms with Gasteiger partial charge >= 0.3 is 0 Å². The summed E-state index contributed by atoms with van der Waals surface area (Å²) < 4.78 is 1.79. The summed E-state index contributed by atoms with van der Waals surface area (Å²) in [5.74, 6) is 0. The number of benzene rings is 1. The second-order valence-corrected chi connectivity index (χ2v) is 5.85. The minimum atomic E-state index is -0.190. The predicted molar refractivity (Wildman–Crippen MR) is 84.0 cm³/mol. The molecule has 0 N–H and O–H groups in total. The molecule has 0 atom stereocenters. The summed E-state index contributed by atoms with van der Waals surface area (Å²) in [4.78, 5) is 23.6. The van der Waals surface area contributed by atoms with Crippen LogP contribution >= 0.6 is 11.6 Å². The van der Waals surface area contributed by atoms with Crippen molar-refractivity contribution in [3.63, 3.8) is 0 Å². The van der Waals surface area contributed by atoms with Gasteiger partial charge in [-0.05, 0) is 42.7 Å². The Bertz CT molecular complexity index is 713. The lowest BCUT2D eigenvalue weighted by Gasteiger charge is -2.19. The lowest BCUT2D eigenvalue weighted by Crippen LogP contribution is -2.27. The fourth-order valence-electron chi connectivity index (χ4n) is 3.04. The van der Waals surface area contributed by atoms with E-state index in [1.807, 2.05) is 30.3 Å². The van der Waals surface area contributed by atoms with E-state index in [9.17, 15) is 9.59 Å². The van der Waals surface area contributed by atoms with Crippen molar-refractivity contribution in [3.8, 4) is 11.3 Å². The summed E-state index contributed by atoms with van der Waals surface area (Å²) in [6, 6.07) is 11.1. The number of rotatable bonds is 3. The van der Waals surface area contributed by atoms with E-state index >= 15 is 0 Å². The number of hydrogen-bond acceptors (Lipinski definition) is 2. The summed E-state index contributed by atoms with van der Waals surface area (Å²) >= 11 is 5.93. The van der Waals surface area contributed by atoms with E-state index in [0.717, 1.165) is 36.9 Å². The first-order chi connectivity index (χ1) is 10.2. The smallest absolute Gasteiger partial charge is 0.261 e. The van der Waals surface area contributed by atoms with Crippen LogP contribution in [0.1, 0.15) is 42.1 Å². The van der Waals surface area contributed by atoms with Crippen molar-refractivity contribution in [2.45, 2.75) is 31.7 Å². The molecule has 0 aliphatic heterocycles. The highest BCUT2D eigenvalue weighted by Gasteiger charge is 2.22. The van der Waals surface area contributed by atoms with E-state index in [2.05, 4.69) is 0 Å². The van der Waals surface area contributed by atoms with Crippen LogP contribution in [0.5, 0.6) is 0 Å². The molecule has 0 bridgehead atoms. The average Bonchev–Trinajstić information content (AvgIpc) is 3.01. The van der Waals surface area contributed by atoms with E-state index in [1.54, 1.807) is 10.6 Å². The van der Waals surface area contributed by atoms with Crippen molar-refractivity contribution in [1.82, 2.24) is 4.57 Å². The zero-order chi connectivity index (χ0) is 14.8. The Morgan fingerprint density at radius 1 is 1.05 bits per heavy atom. The normalized spacial score (nSPS) is 15.3. The van der Waals surface area contributed by atoms with Gasteiger partial charge in [0.25, 0.3) is 5.56 Å². The number of nitrogens with zero attached hydrogens (tertiary/aromatic N) is 1. The molecule has 3 rings (SSSR count). The Kier molecular flexibility index (Phi) is 3.93. The van der Waals surface area contributed by atoms with Crippen molar-refractivity contribution in [2.24, 2.45) is 0 Å². The Morgan fingerprint density at radius 2 is 1.71 bits per heavy atom. The van der Waals surface area contributed by atoms with E-state index in [-0.39, 0.29) is 17.2 Å². The van der Waals surface area contributed by atoms with Crippen molar-refractivity contribution in [2.75, 3.05) is 0 Å². The zero-order valence-corrected chi connectivity index (χ0v) is 12.3. The van der Waals surface area contributed by atoms with Gasteiger partial charge in [-0.2, -0.15) is 0 Å². The lowest BCUT2D eigenvalue weighted by molar-refractivity contribution is 0.112. The van der Waals surface area contributed by atoms with Gasteiger partial charge in [-0.15, -0.1) is 0 Å². The number of carbonyl (C=O) groups is 1. The number of halogens is 1. The molecule has 1 aliphatic carbocycles. The van der Waals surface area contributed by atoms with Gasteiger partial charge in [0.15, 0.2) is 6.29 Å². The topological polar surface area (TPSA) is 39.1 Å². The summed E-state index contributed by atoms with van der Waals surface area (Å²) in [5.41, 5.74) is 1.83. The highest BCUT2D eigenvalue weighted by molar-refractivity contribution is 6.30. The summed E-state index contributed by atoms with van der Waals surface area (Å²) in [7, 11) is 0. The maximum atomic E-state index is 12.6. The average molecular weight is 302 g/mol. The number of pyridine rings is 1. The molecule has 2 aromatic rings. The zero-order valence-electron chi connectivity index (χ0n) is 11.6. The third-order valence-corrected chi connectivity index (χ3v) is 4.35. The molecular formula is C17H16ClNO2. The van der Waals surface area contributed by atoms with E-state index in [4.69, 9.17) is 11.6 Å². The third kappa shape index (κ3) is 2.66. The SMILES string of the molecule is O=Cc1ccc(-c2ccc(Cl)cc2)n(C2CCCC2)c1=O. The maximum Gasteiger partial charge on any atom is 0.261 e. The molecule has 1 aromatic heterocycles. The molecule has 0 amide bonds. The Morgan fingerprint density at radius 3 is 2.33 bits per heavy atom. The molecule has 1 saturated carbocycles. The number of aldehydes is 1. The lowest BCUT2D eigenvalue weighted by atomic mass is 10.1. The standard InChI is InChI=1S/C17H16ClNO2/c18-14-8-5-12(6-9-14)16-10-7-13(11-20)17(21)19(16)15-3-1-2-4-15/h5-11,15H,1-4H2. The molecule has 0 spiro atoms. The Hall–Kier alpha value is -1.87. The minimum Gasteiger partial charge on any atom is -0.305 e. The van der Waals surface area contributed by atoms with E-state index < -0.39 is 0 Å². The van der Waals surface area contributed by atoms with E-state index in [0.29, 0.717) is 11.3 Å². The summed E-state index contributed by atoms with van der Waals surface area (Å²) in [6.07, 6.45) is 4.87. The first-order valence-corrected chi connectivity index (χ1v) is 7.55. The molecule has 3 nitrogen and oxygen atoms in total. The van der Waals surface area contributed by atoms with E-state index in [1.165, 1.54) is 0 Å². The first kappa shape index (κ1) is 14.1. The van der Waals surface area contributed by atoms with Gasteiger partial charge in [0.1, 0.15) is 0 Å². The van der Waals surface area contributed by atoms with Gasteiger partial charge in [-0.1, -0.05) is 36.6 Å². The van der Waals surface area contributed by atoms with Gasteiger partial charge in [0, 0.05) is 11.1 Å². The van der Waals surface area contributed by atoms with Gasteiger partial charge in [0.05, 0.1) is 11.3 Å². The Balaban J connectivity index is 2.19. The monoisotopic (exact) mass is 301 g/mol. The highest BCUT2D eigenvalue weighted by atomic mass is 35.5. The van der Waals surface area contributed by atoms with Crippen LogP contribution in [0.2, 0.25) is 5.02 Å². The molecule has 0 saturated heterocycles. The van der Waals surface area contributed by atoms with Crippen LogP contribution in [0.25, 0.3) is 11.3 Å². The van der Waals surface area contributed by atoms with Crippen LogP contribution in [0.4, 0.5) is 0 Å². The molecule has 108 valence electrons. The fraction of sp³-hybridized carbons (Fsp3) is 0.294. The van der Waals surface area contributed by atoms with Crippen molar-refractivity contribution >= 4 is 17.9 Å². The van der Waals surface area contributed by atoms with Gasteiger partial charge in [-0.3, -0.25) is 9.59 Å². The molecule has 4 heteroatoms. The maximum absolute atomic E-state index is 12.6. The molecule has 21 heavy (non-hydrogen) atoms. The number of aromatic nitrogens is 1. The summed E-state index contributed by atoms with van der Waals surface area (Å²) in [6.45, 7) is 0. The van der Waals surface area contributed by atoms with Crippen molar-refractivity contribution < 1.29 is 4.79 Å². The number of hydrogen-bond donors (Lipinski definition) is 0. The van der Waals surface area contributed by atoms with Crippen LogP contribution < -0.4 is 5.56 Å². The third-order valence-electron chi connectivity index (χ3n) is 4.10. The molecular weight excluding hydrogens is 286 g/mol. The van der Waals surface area contributed by atoms with Crippen molar-refractivity contribution in [3.05, 3.63) is 57.3 Å². The molecule has 0 radical (unpaired) electrons. The van der Waals surface area contributed by atoms with Gasteiger partial charge in [-0.25, -0.2) is 0 Å². The molecule has 1 heterocycles. The highest BCUT2D eigenvalue weighted by Crippen LogP contribution is 2.32. The van der Waals surface area contributed by atoms with Crippen molar-refractivity contribution in [1.29, 1.82) is 0 Å². The number of carbonyl (C=O) groups excluding carboxylic acids is 1. The molecule has 1 aromatic carbocycles. The Labute approximate surface area is 128 Å². The largest absolute Gasteiger partial charge is 0.305 e. The van der Waals surface area contributed by atoms with Gasteiger partial charge < -0.3 is 4.57 Å². The second kappa shape index (κ2) is 5.86.